The lowest BCUT2D eigenvalue weighted by Gasteiger charge is -2.15. The highest BCUT2D eigenvalue weighted by atomic mass is 19.4. The van der Waals surface area contributed by atoms with E-state index in [1.165, 1.54) is 14.2 Å². The average Bonchev–Trinajstić information content (AvgIpc) is 3.52. The van der Waals surface area contributed by atoms with Gasteiger partial charge in [0.2, 0.25) is 0 Å². The monoisotopic (exact) mass is 530 g/mol. The van der Waals surface area contributed by atoms with Gasteiger partial charge in [0.15, 0.2) is 5.78 Å². The van der Waals surface area contributed by atoms with Gasteiger partial charge in [0, 0.05) is 42.9 Å². The molecule has 3 heterocycles. The molecule has 0 aliphatic heterocycles. The molecule has 0 aliphatic carbocycles. The molecule has 0 saturated heterocycles. The molecule has 0 spiro atoms. The molecule has 0 amide bonds. The summed E-state index contributed by atoms with van der Waals surface area (Å²) in [7, 11) is 2.67. The van der Waals surface area contributed by atoms with Crippen molar-refractivity contribution in [2.24, 2.45) is 0 Å². The van der Waals surface area contributed by atoms with Gasteiger partial charge >= 0.3 is 12.1 Å². The molecular weight excluding hydrogens is 505 g/mol. The minimum absolute atomic E-state index is 0.0422. The number of aliphatic carboxylic acids is 1. The van der Waals surface area contributed by atoms with Gasteiger partial charge in [-0.1, -0.05) is 0 Å². The average molecular weight is 531 g/mol. The van der Waals surface area contributed by atoms with E-state index in [0.717, 1.165) is 11.1 Å². The summed E-state index contributed by atoms with van der Waals surface area (Å²) >= 11 is 0. The largest absolute Gasteiger partial charge is 0.496 e. The Morgan fingerprint density at radius 1 is 1.00 bits per heavy atom. The fraction of sp³-hybridized carbons (Fsp3) is 0.308. The van der Waals surface area contributed by atoms with Crippen molar-refractivity contribution in [3.63, 3.8) is 0 Å². The number of ether oxygens (including phenoxy) is 2. The SMILES string of the molecule is COc1cc(-c2cnc3cc(-c4cnn(CCCC(=O)O)c4)ccn23)cc(OC)c1C(=O)CCC(F)(F)F. The highest BCUT2D eigenvalue weighted by Crippen LogP contribution is 2.37. The minimum atomic E-state index is -4.45. The number of aryl methyl sites for hydroxylation is 1. The van der Waals surface area contributed by atoms with Gasteiger partial charge in [-0.2, -0.15) is 18.3 Å². The van der Waals surface area contributed by atoms with Crippen molar-refractivity contribution in [2.45, 2.75) is 38.4 Å². The number of carbonyl (C=O) groups is 2. The van der Waals surface area contributed by atoms with Gasteiger partial charge in [-0.25, -0.2) is 4.98 Å². The topological polar surface area (TPSA) is 108 Å². The molecule has 0 atom stereocenters. The van der Waals surface area contributed by atoms with Crippen LogP contribution in [-0.4, -0.2) is 56.4 Å². The standard InChI is InChI=1S/C26H25F3N4O5/c1-37-21-10-17(11-22(38-2)25(21)20(34)5-7-26(27,28)29)19-14-30-23-12-16(6-9-33(19)23)18-13-31-32(15-18)8-3-4-24(35)36/h6,9-15H,3-5,7-8H2,1-2H3,(H,35,36). The molecule has 0 saturated carbocycles. The number of imidazole rings is 1. The van der Waals surface area contributed by atoms with E-state index in [0.29, 0.717) is 29.9 Å². The Labute approximate surface area is 215 Å². The number of fused-ring (bicyclic) bond motifs is 1. The number of Topliss-reactive ketones (excluding diaryl/α,β-unsaturated/α-hetero) is 1. The normalized spacial score (nSPS) is 11.6. The summed E-state index contributed by atoms with van der Waals surface area (Å²) in [6.07, 6.45) is 1.10. The lowest BCUT2D eigenvalue weighted by molar-refractivity contribution is -0.137. The number of benzene rings is 1. The summed E-state index contributed by atoms with van der Waals surface area (Å²) in [5.41, 5.74) is 3.54. The van der Waals surface area contributed by atoms with Crippen LogP contribution >= 0.6 is 0 Å². The number of nitrogens with zero attached hydrogens (tertiary/aromatic N) is 4. The van der Waals surface area contributed by atoms with Crippen LogP contribution in [0.3, 0.4) is 0 Å². The molecule has 4 rings (SSSR count). The first-order valence-corrected chi connectivity index (χ1v) is 11.7. The van der Waals surface area contributed by atoms with Crippen molar-refractivity contribution in [2.75, 3.05) is 14.2 Å². The van der Waals surface area contributed by atoms with E-state index in [1.807, 2.05) is 28.9 Å². The van der Waals surface area contributed by atoms with Gasteiger partial charge in [-0.15, -0.1) is 0 Å². The van der Waals surface area contributed by atoms with E-state index >= 15 is 0 Å². The second kappa shape index (κ2) is 11.0. The molecule has 0 radical (unpaired) electrons. The minimum Gasteiger partial charge on any atom is -0.496 e. The number of carboxylic acids is 1. The van der Waals surface area contributed by atoms with E-state index < -0.39 is 30.8 Å². The first-order chi connectivity index (χ1) is 18.1. The summed E-state index contributed by atoms with van der Waals surface area (Å²) < 4.78 is 52.2. The van der Waals surface area contributed by atoms with E-state index in [2.05, 4.69) is 10.1 Å². The first kappa shape index (κ1) is 26.7. The Morgan fingerprint density at radius 2 is 1.71 bits per heavy atom. The summed E-state index contributed by atoms with van der Waals surface area (Å²) in [6.45, 7) is 0.487. The number of carbonyl (C=O) groups excluding carboxylic acids is 1. The third-order valence-electron chi connectivity index (χ3n) is 5.97. The van der Waals surface area contributed by atoms with Crippen LogP contribution < -0.4 is 9.47 Å². The molecule has 200 valence electrons. The zero-order chi connectivity index (χ0) is 27.4. The molecule has 38 heavy (non-hydrogen) atoms. The van der Waals surface area contributed by atoms with Crippen LogP contribution in [0.15, 0.2) is 49.1 Å². The number of ketones is 1. The lowest BCUT2D eigenvalue weighted by atomic mass is 10.0. The quantitative estimate of drug-likeness (QED) is 0.263. The third kappa shape index (κ3) is 5.96. The molecule has 0 aliphatic rings. The van der Waals surface area contributed by atoms with Gasteiger partial charge < -0.3 is 14.6 Å². The van der Waals surface area contributed by atoms with Crippen LogP contribution in [0.2, 0.25) is 0 Å². The van der Waals surface area contributed by atoms with Gasteiger partial charge in [-0.05, 0) is 36.2 Å². The molecule has 0 fully saturated rings. The Balaban J connectivity index is 1.63. The molecule has 1 aromatic carbocycles. The first-order valence-electron chi connectivity index (χ1n) is 11.7. The smallest absolute Gasteiger partial charge is 0.389 e. The molecule has 1 N–H and O–H groups in total. The molecular formula is C26H25F3N4O5. The van der Waals surface area contributed by atoms with E-state index in [-0.39, 0.29) is 23.5 Å². The fourth-order valence-corrected chi connectivity index (χ4v) is 4.12. The van der Waals surface area contributed by atoms with Crippen molar-refractivity contribution in [1.82, 2.24) is 19.2 Å². The van der Waals surface area contributed by atoms with Crippen molar-refractivity contribution < 1.29 is 37.3 Å². The van der Waals surface area contributed by atoms with Crippen molar-refractivity contribution in [3.05, 3.63) is 54.6 Å². The number of halogens is 3. The fourth-order valence-electron chi connectivity index (χ4n) is 4.12. The number of methoxy groups -OCH3 is 2. The van der Waals surface area contributed by atoms with Crippen LogP contribution in [0.1, 0.15) is 36.0 Å². The number of pyridine rings is 1. The zero-order valence-electron chi connectivity index (χ0n) is 20.7. The molecule has 0 unspecified atom stereocenters. The van der Waals surface area contributed by atoms with Crippen molar-refractivity contribution >= 4 is 17.4 Å². The van der Waals surface area contributed by atoms with E-state index in [1.54, 1.807) is 29.2 Å². The molecule has 3 aromatic heterocycles. The highest BCUT2D eigenvalue weighted by Gasteiger charge is 2.30. The summed E-state index contributed by atoms with van der Waals surface area (Å²) in [6, 6.07) is 6.88. The van der Waals surface area contributed by atoms with Crippen LogP contribution in [-0.2, 0) is 11.3 Å². The zero-order valence-corrected chi connectivity index (χ0v) is 20.7. The summed E-state index contributed by atoms with van der Waals surface area (Å²) in [5.74, 6) is -1.37. The Bertz CT molecular complexity index is 1450. The number of rotatable bonds is 11. The molecule has 9 nitrogen and oxygen atoms in total. The molecule has 4 aromatic rings. The maximum Gasteiger partial charge on any atom is 0.389 e. The second-order valence-corrected chi connectivity index (χ2v) is 8.57. The molecule has 0 bridgehead atoms. The summed E-state index contributed by atoms with van der Waals surface area (Å²) in [4.78, 5) is 27.8. The maximum atomic E-state index is 12.7. The third-order valence-corrected chi connectivity index (χ3v) is 5.97. The van der Waals surface area contributed by atoms with Gasteiger partial charge in [-0.3, -0.25) is 18.7 Å². The number of alkyl halides is 3. The predicted octanol–water partition coefficient (Wildman–Crippen LogP) is 5.27. The van der Waals surface area contributed by atoms with Gasteiger partial charge in [0.1, 0.15) is 22.7 Å². The molecule has 12 heteroatoms. The van der Waals surface area contributed by atoms with Gasteiger partial charge in [0.05, 0.1) is 38.7 Å². The Hall–Kier alpha value is -4.35. The van der Waals surface area contributed by atoms with Crippen LogP contribution in [0.4, 0.5) is 13.2 Å². The predicted molar refractivity (Wildman–Crippen MR) is 131 cm³/mol. The lowest BCUT2D eigenvalue weighted by Crippen LogP contribution is -2.12. The van der Waals surface area contributed by atoms with Crippen molar-refractivity contribution in [3.8, 4) is 33.9 Å². The number of hydrogen-bond donors (Lipinski definition) is 1. The summed E-state index contributed by atoms with van der Waals surface area (Å²) in [5, 5.41) is 13.1. The highest BCUT2D eigenvalue weighted by molar-refractivity contribution is 6.02. The van der Waals surface area contributed by atoms with E-state index in [4.69, 9.17) is 14.6 Å². The Morgan fingerprint density at radius 3 is 2.34 bits per heavy atom. The van der Waals surface area contributed by atoms with E-state index in [9.17, 15) is 22.8 Å². The number of aromatic nitrogens is 4. The van der Waals surface area contributed by atoms with Crippen molar-refractivity contribution in [1.29, 1.82) is 0 Å². The van der Waals surface area contributed by atoms with Crippen LogP contribution in [0, 0.1) is 0 Å². The van der Waals surface area contributed by atoms with Gasteiger partial charge in [0.25, 0.3) is 0 Å². The Kier molecular flexibility index (Phi) is 7.70. The van der Waals surface area contributed by atoms with Crippen LogP contribution in [0.25, 0.3) is 28.0 Å². The number of carboxylic acid groups (broad SMARTS) is 1. The second-order valence-electron chi connectivity index (χ2n) is 8.57. The van der Waals surface area contributed by atoms with Crippen LogP contribution in [0.5, 0.6) is 11.5 Å². The maximum absolute atomic E-state index is 12.7. The number of hydrogen-bond acceptors (Lipinski definition) is 6.